The Morgan fingerprint density at radius 2 is 2.26 bits per heavy atom. The minimum absolute atomic E-state index is 0.0338. The molecule has 3 aromatic rings. The number of hydrogen-bond acceptors (Lipinski definition) is 5. The summed E-state index contributed by atoms with van der Waals surface area (Å²) in [7, 11) is 4.01. The lowest BCUT2D eigenvalue weighted by Gasteiger charge is -2.40. The Morgan fingerprint density at radius 1 is 1.43 bits per heavy atom. The third-order valence-corrected chi connectivity index (χ3v) is 5.92. The average molecular weight is 330 g/mol. The second-order valence-corrected chi connectivity index (χ2v) is 7.36. The fraction of sp³-hybridized carbons (Fsp3) is 0.375. The molecule has 1 unspecified atom stereocenters. The molecule has 4 rings (SSSR count). The first-order valence-electron chi connectivity index (χ1n) is 7.44. The summed E-state index contributed by atoms with van der Waals surface area (Å²) in [5, 5.41) is 7.79. The molecule has 4 heterocycles. The number of thiophene rings is 1. The van der Waals surface area contributed by atoms with Crippen LogP contribution in [-0.2, 0) is 16.9 Å². The highest BCUT2D eigenvalue weighted by atomic mass is 32.1. The summed E-state index contributed by atoms with van der Waals surface area (Å²) < 4.78 is 6.59. The van der Waals surface area contributed by atoms with Gasteiger partial charge in [0.2, 0.25) is 0 Å². The fourth-order valence-electron chi connectivity index (χ4n) is 3.08. The van der Waals surface area contributed by atoms with Gasteiger partial charge in [0.05, 0.1) is 24.9 Å². The molecule has 2 N–H and O–H groups in total. The van der Waals surface area contributed by atoms with Gasteiger partial charge in [-0.25, -0.2) is 0 Å². The van der Waals surface area contributed by atoms with Crippen molar-refractivity contribution in [1.82, 2.24) is 20.1 Å². The molecule has 0 radical (unpaired) electrons. The molecule has 1 aliphatic rings. The molecule has 1 atom stereocenters. The maximum Gasteiger partial charge on any atom is 0.266 e. The highest BCUT2D eigenvalue weighted by Crippen LogP contribution is 2.39. The minimum Gasteiger partial charge on any atom is -0.374 e. The van der Waals surface area contributed by atoms with Crippen LogP contribution in [-0.4, -0.2) is 40.8 Å². The zero-order chi connectivity index (χ0) is 16.2. The van der Waals surface area contributed by atoms with E-state index in [9.17, 15) is 4.79 Å². The number of nitrogens with zero attached hydrogens (tertiary/aromatic N) is 2. The summed E-state index contributed by atoms with van der Waals surface area (Å²) in [6.45, 7) is 3.18. The second-order valence-electron chi connectivity index (χ2n) is 6.31. The zero-order valence-corrected chi connectivity index (χ0v) is 14.1. The number of pyridine rings is 1. The van der Waals surface area contributed by atoms with Crippen LogP contribution in [0.4, 0.5) is 0 Å². The van der Waals surface area contributed by atoms with E-state index >= 15 is 0 Å². The lowest BCUT2D eigenvalue weighted by atomic mass is 9.89. The van der Waals surface area contributed by atoms with Gasteiger partial charge in [0.25, 0.3) is 5.56 Å². The third-order valence-electron chi connectivity index (χ3n) is 4.74. The Balaban J connectivity index is 2.01. The van der Waals surface area contributed by atoms with Gasteiger partial charge in [-0.1, -0.05) is 0 Å². The Hall–Kier alpha value is -1.96. The minimum atomic E-state index is -0.335. The molecule has 6 nitrogen and oxygen atoms in total. The molecule has 120 valence electrons. The number of ether oxygens (including phenoxy) is 1. The number of rotatable bonds is 2. The molecule has 0 spiro atoms. The Labute approximate surface area is 137 Å². The Bertz CT molecular complexity index is 926. The summed E-state index contributed by atoms with van der Waals surface area (Å²) in [5.41, 5.74) is 2.66. The topological polar surface area (TPSA) is 74.0 Å². The van der Waals surface area contributed by atoms with Gasteiger partial charge in [0.1, 0.15) is 4.70 Å². The zero-order valence-electron chi connectivity index (χ0n) is 13.3. The van der Waals surface area contributed by atoms with Crippen LogP contribution in [0, 0.1) is 0 Å². The van der Waals surface area contributed by atoms with E-state index < -0.39 is 0 Å². The number of H-pyrrole nitrogens is 2. The van der Waals surface area contributed by atoms with Crippen LogP contribution in [0.25, 0.3) is 20.5 Å². The van der Waals surface area contributed by atoms with E-state index in [4.69, 9.17) is 4.74 Å². The van der Waals surface area contributed by atoms with Crippen molar-refractivity contribution in [2.24, 2.45) is 0 Å². The van der Waals surface area contributed by atoms with Crippen molar-refractivity contribution in [2.75, 3.05) is 20.7 Å². The standard InChI is InChI=1S/C16H18N4O2S/c1-16(20(2)3)8-22-7-11-10-4-12(9-5-17-18-6-9)23-13(10)15(21)19-14(11)16/h4-6H,7-8H2,1-3H3,(H,17,18)(H,19,21). The molecule has 1 aliphatic heterocycles. The second kappa shape index (κ2) is 5.02. The van der Waals surface area contributed by atoms with Gasteiger partial charge < -0.3 is 9.72 Å². The smallest absolute Gasteiger partial charge is 0.266 e. The van der Waals surface area contributed by atoms with Gasteiger partial charge in [-0.05, 0) is 27.1 Å². The van der Waals surface area contributed by atoms with E-state index in [-0.39, 0.29) is 11.1 Å². The van der Waals surface area contributed by atoms with Crippen LogP contribution in [0.2, 0.25) is 0 Å². The van der Waals surface area contributed by atoms with E-state index in [1.54, 1.807) is 6.20 Å². The van der Waals surface area contributed by atoms with Gasteiger partial charge >= 0.3 is 0 Å². The van der Waals surface area contributed by atoms with E-state index in [2.05, 4.69) is 33.1 Å². The molecule has 0 fully saturated rings. The first kappa shape index (κ1) is 14.6. The summed E-state index contributed by atoms with van der Waals surface area (Å²) >= 11 is 1.49. The van der Waals surface area contributed by atoms with Gasteiger partial charge in [-0.3, -0.25) is 14.8 Å². The Kier molecular flexibility index (Phi) is 3.19. The lowest BCUT2D eigenvalue weighted by molar-refractivity contribution is -0.00617. The fourth-order valence-corrected chi connectivity index (χ4v) is 4.14. The first-order valence-corrected chi connectivity index (χ1v) is 8.26. The third kappa shape index (κ3) is 2.08. The molecular formula is C16H18N4O2S. The summed E-state index contributed by atoms with van der Waals surface area (Å²) in [6.07, 6.45) is 3.61. The van der Waals surface area contributed by atoms with Crippen molar-refractivity contribution in [3.63, 3.8) is 0 Å². The molecule has 0 bridgehead atoms. The molecule has 23 heavy (non-hydrogen) atoms. The lowest BCUT2D eigenvalue weighted by Crippen LogP contribution is -2.47. The van der Waals surface area contributed by atoms with Crippen LogP contribution in [0.5, 0.6) is 0 Å². The van der Waals surface area contributed by atoms with E-state index in [0.717, 1.165) is 31.8 Å². The summed E-state index contributed by atoms with van der Waals surface area (Å²) in [5.74, 6) is 0. The van der Waals surface area contributed by atoms with Crippen LogP contribution >= 0.6 is 11.3 Å². The predicted octanol–water partition coefficient (Wildman–Crippen LogP) is 2.29. The van der Waals surface area contributed by atoms with Crippen LogP contribution in [0.15, 0.2) is 23.3 Å². The first-order chi connectivity index (χ1) is 11.0. The monoisotopic (exact) mass is 330 g/mol. The molecule has 0 aliphatic carbocycles. The Morgan fingerprint density at radius 3 is 2.96 bits per heavy atom. The highest BCUT2D eigenvalue weighted by molar-refractivity contribution is 7.22. The van der Waals surface area contributed by atoms with Gasteiger partial charge in [-0.15, -0.1) is 11.3 Å². The molecule has 7 heteroatoms. The van der Waals surface area contributed by atoms with E-state index in [1.807, 2.05) is 20.3 Å². The maximum absolute atomic E-state index is 12.6. The molecule has 0 aromatic carbocycles. The predicted molar refractivity (Wildman–Crippen MR) is 90.7 cm³/mol. The van der Waals surface area contributed by atoms with E-state index in [0.29, 0.717) is 13.2 Å². The van der Waals surface area contributed by atoms with Crippen molar-refractivity contribution < 1.29 is 4.74 Å². The van der Waals surface area contributed by atoms with Gasteiger partial charge in [0.15, 0.2) is 0 Å². The number of hydrogen-bond donors (Lipinski definition) is 2. The average Bonchev–Trinajstić information content (AvgIpc) is 3.17. The summed E-state index contributed by atoms with van der Waals surface area (Å²) in [4.78, 5) is 18.9. The van der Waals surface area contributed by atoms with Crippen molar-refractivity contribution in [3.8, 4) is 10.4 Å². The van der Waals surface area contributed by atoms with Crippen molar-refractivity contribution in [3.05, 3.63) is 40.1 Å². The molecule has 0 amide bonds. The molecule has 3 aromatic heterocycles. The summed E-state index contributed by atoms with van der Waals surface area (Å²) in [6, 6.07) is 2.07. The molecular weight excluding hydrogens is 312 g/mol. The normalized spacial score (nSPS) is 21.0. The van der Waals surface area contributed by atoms with Crippen molar-refractivity contribution in [1.29, 1.82) is 0 Å². The number of likely N-dealkylation sites (N-methyl/N-ethyl adjacent to an activating group) is 1. The van der Waals surface area contributed by atoms with Crippen molar-refractivity contribution >= 4 is 21.4 Å². The maximum atomic E-state index is 12.6. The largest absolute Gasteiger partial charge is 0.374 e. The van der Waals surface area contributed by atoms with Crippen LogP contribution in [0.1, 0.15) is 18.2 Å². The SMILES string of the molecule is CN(C)C1(C)COCc2c1[nH]c(=O)c1sc(-c3cn[nH]c3)cc21. The van der Waals surface area contributed by atoms with Crippen molar-refractivity contribution in [2.45, 2.75) is 19.1 Å². The van der Waals surface area contributed by atoms with Gasteiger partial charge in [0, 0.05) is 33.3 Å². The van der Waals surface area contributed by atoms with Crippen LogP contribution in [0.3, 0.4) is 0 Å². The highest BCUT2D eigenvalue weighted by Gasteiger charge is 2.37. The quantitative estimate of drug-likeness (QED) is 0.756. The number of aromatic nitrogens is 3. The van der Waals surface area contributed by atoms with Gasteiger partial charge in [-0.2, -0.15) is 5.10 Å². The number of fused-ring (bicyclic) bond motifs is 3. The molecule has 0 saturated heterocycles. The van der Waals surface area contributed by atoms with E-state index in [1.165, 1.54) is 11.3 Å². The number of nitrogens with one attached hydrogen (secondary N) is 2. The number of aromatic amines is 2. The van der Waals surface area contributed by atoms with Crippen LogP contribution < -0.4 is 5.56 Å². The molecule has 0 saturated carbocycles.